The van der Waals surface area contributed by atoms with Crippen LogP contribution in [0, 0.1) is 5.41 Å². The fourth-order valence-corrected chi connectivity index (χ4v) is 3.55. The van der Waals surface area contributed by atoms with Crippen LogP contribution in [-0.2, 0) is 11.2 Å². The van der Waals surface area contributed by atoms with E-state index in [1.807, 2.05) is 48.5 Å². The lowest BCUT2D eigenvalue weighted by Gasteiger charge is -2.28. The highest BCUT2D eigenvalue weighted by atomic mass is 35.5. The molecule has 9 heteroatoms. The maximum Gasteiger partial charge on any atom is 0.311 e. The fraction of sp³-hybridized carbons (Fsp3) is 0.273. The molecule has 0 saturated heterocycles. The quantitative estimate of drug-likeness (QED) is 0.403. The van der Waals surface area contributed by atoms with Crippen LogP contribution < -0.4 is 5.32 Å². The molecule has 0 aliphatic heterocycles. The van der Waals surface area contributed by atoms with E-state index in [9.17, 15) is 19.8 Å². The Balaban J connectivity index is 1.81. The number of carboxylic acid groups (broad SMARTS) is 1. The van der Waals surface area contributed by atoms with Crippen molar-refractivity contribution in [1.29, 1.82) is 0 Å². The molecular weight excluding hydrogens is 420 g/mol. The molecule has 3 rings (SSSR count). The second-order valence-corrected chi connectivity index (χ2v) is 8.05. The van der Waals surface area contributed by atoms with Crippen LogP contribution in [0.5, 0.6) is 0 Å². The van der Waals surface area contributed by atoms with Crippen LogP contribution in [0.25, 0.3) is 11.1 Å². The van der Waals surface area contributed by atoms with Crippen LogP contribution in [0.4, 0.5) is 0 Å². The van der Waals surface area contributed by atoms with Crippen LogP contribution in [0.2, 0.25) is 5.02 Å². The Morgan fingerprint density at radius 1 is 1.19 bits per heavy atom. The molecule has 0 aliphatic rings. The van der Waals surface area contributed by atoms with Gasteiger partial charge in [0.2, 0.25) is 0 Å². The molecule has 1 heterocycles. The third-order valence-electron chi connectivity index (χ3n) is 5.17. The Morgan fingerprint density at radius 3 is 2.48 bits per heavy atom. The van der Waals surface area contributed by atoms with Gasteiger partial charge in [-0.05, 0) is 37.0 Å². The summed E-state index contributed by atoms with van der Waals surface area (Å²) in [5, 5.41) is 32.3. The molecule has 0 spiro atoms. The predicted octanol–water partition coefficient (Wildman–Crippen LogP) is 2.94. The number of carbonyl (C=O) groups excluding carboxylic acids is 1. The number of H-pyrrole nitrogens is 1. The van der Waals surface area contributed by atoms with Crippen molar-refractivity contribution < 1.29 is 19.8 Å². The van der Waals surface area contributed by atoms with Gasteiger partial charge < -0.3 is 15.5 Å². The summed E-state index contributed by atoms with van der Waals surface area (Å²) in [6, 6.07) is 14.6. The van der Waals surface area contributed by atoms with Gasteiger partial charge in [-0.2, -0.15) is 0 Å². The van der Waals surface area contributed by atoms with Crippen LogP contribution in [0.15, 0.2) is 54.7 Å². The summed E-state index contributed by atoms with van der Waals surface area (Å²) in [5.41, 5.74) is 1.44. The first-order valence-electron chi connectivity index (χ1n) is 9.68. The Kier molecular flexibility index (Phi) is 7.04. The molecule has 0 saturated carbocycles. The normalized spacial score (nSPS) is 13.9. The number of halogens is 1. The standard InChI is InChI=1S/C22H23ClN4O4/c1-22(13-28,21(30)31)11-16(25-20(29)19-12-24-27-26-19)10-14-6-8-15(9-7-14)17-4-2-3-5-18(17)23/h2-9,12,16,28H,10-11,13H2,1H3,(H,25,29)(H,30,31)(H,24,26,27)/t16-,22?/m1/s1. The second-order valence-electron chi connectivity index (χ2n) is 7.64. The number of hydrogen-bond acceptors (Lipinski definition) is 5. The van der Waals surface area contributed by atoms with Crippen molar-refractivity contribution >= 4 is 23.5 Å². The summed E-state index contributed by atoms with van der Waals surface area (Å²) in [6.07, 6.45) is 1.76. The molecular formula is C22H23ClN4O4. The molecule has 0 bridgehead atoms. The van der Waals surface area contributed by atoms with Crippen molar-refractivity contribution in [2.24, 2.45) is 5.41 Å². The molecule has 1 amide bonds. The summed E-state index contributed by atoms with van der Waals surface area (Å²) in [7, 11) is 0. The van der Waals surface area contributed by atoms with Crippen molar-refractivity contribution in [2.45, 2.75) is 25.8 Å². The average Bonchev–Trinajstić information content (AvgIpc) is 3.29. The summed E-state index contributed by atoms with van der Waals surface area (Å²) in [4.78, 5) is 24.1. The summed E-state index contributed by atoms with van der Waals surface area (Å²) < 4.78 is 0. The third-order valence-corrected chi connectivity index (χ3v) is 5.50. The molecule has 1 unspecified atom stereocenters. The minimum Gasteiger partial charge on any atom is -0.481 e. The van der Waals surface area contributed by atoms with Crippen molar-refractivity contribution in [3.63, 3.8) is 0 Å². The SMILES string of the molecule is CC(CO)(C[C@@H](Cc1ccc(-c2ccccc2Cl)cc1)NC(=O)c1c[nH]nn1)C(=O)O. The molecule has 31 heavy (non-hydrogen) atoms. The van der Waals surface area contributed by atoms with E-state index < -0.39 is 29.9 Å². The number of aromatic amines is 1. The van der Waals surface area contributed by atoms with E-state index in [-0.39, 0.29) is 12.1 Å². The number of carboxylic acids is 1. The summed E-state index contributed by atoms with van der Waals surface area (Å²) in [5.74, 6) is -1.61. The molecule has 2 aromatic carbocycles. The number of amides is 1. The van der Waals surface area contributed by atoms with Crippen molar-refractivity contribution in [2.75, 3.05) is 6.61 Å². The predicted molar refractivity (Wildman–Crippen MR) is 116 cm³/mol. The van der Waals surface area contributed by atoms with E-state index >= 15 is 0 Å². The maximum absolute atomic E-state index is 12.5. The Bertz CT molecular complexity index is 1040. The number of benzene rings is 2. The minimum atomic E-state index is -1.40. The van der Waals surface area contributed by atoms with Gasteiger partial charge in [-0.1, -0.05) is 59.3 Å². The number of aliphatic hydroxyl groups is 1. The number of hydrogen-bond donors (Lipinski definition) is 4. The first-order chi connectivity index (χ1) is 14.8. The second kappa shape index (κ2) is 9.72. The molecule has 1 aromatic heterocycles. The van der Waals surface area contributed by atoms with Gasteiger partial charge in [-0.25, -0.2) is 0 Å². The van der Waals surface area contributed by atoms with Gasteiger partial charge in [0.05, 0.1) is 18.2 Å². The lowest BCUT2D eigenvalue weighted by molar-refractivity contribution is -0.151. The smallest absolute Gasteiger partial charge is 0.311 e. The molecule has 0 fully saturated rings. The van der Waals surface area contributed by atoms with Crippen molar-refractivity contribution in [3.8, 4) is 11.1 Å². The Hall–Kier alpha value is -3.23. The van der Waals surface area contributed by atoms with Gasteiger partial charge >= 0.3 is 5.97 Å². The molecule has 3 aromatic rings. The Labute approximate surface area is 184 Å². The van der Waals surface area contributed by atoms with Gasteiger partial charge in [0.1, 0.15) is 0 Å². The van der Waals surface area contributed by atoms with Crippen molar-refractivity contribution in [3.05, 3.63) is 71.0 Å². The highest BCUT2D eigenvalue weighted by Gasteiger charge is 2.36. The fourth-order valence-electron chi connectivity index (χ4n) is 3.31. The number of carbonyl (C=O) groups is 2. The number of nitrogens with zero attached hydrogens (tertiary/aromatic N) is 2. The summed E-state index contributed by atoms with van der Waals surface area (Å²) >= 11 is 6.27. The van der Waals surface area contributed by atoms with Gasteiger partial charge in [0, 0.05) is 16.6 Å². The molecule has 8 nitrogen and oxygen atoms in total. The number of nitrogens with one attached hydrogen (secondary N) is 2. The monoisotopic (exact) mass is 442 g/mol. The average molecular weight is 443 g/mol. The van der Waals surface area contributed by atoms with Gasteiger partial charge in [0.25, 0.3) is 5.91 Å². The van der Waals surface area contributed by atoms with Crippen molar-refractivity contribution in [1.82, 2.24) is 20.7 Å². The number of aliphatic carboxylic acids is 1. The number of aromatic nitrogens is 3. The largest absolute Gasteiger partial charge is 0.481 e. The highest BCUT2D eigenvalue weighted by molar-refractivity contribution is 6.33. The molecule has 0 aliphatic carbocycles. The van der Waals surface area contributed by atoms with E-state index in [1.54, 1.807) is 0 Å². The lowest BCUT2D eigenvalue weighted by atomic mass is 9.82. The molecule has 0 radical (unpaired) electrons. The summed E-state index contributed by atoms with van der Waals surface area (Å²) in [6.45, 7) is 0.898. The van der Waals surface area contributed by atoms with Gasteiger partial charge in [-0.15, -0.1) is 5.10 Å². The van der Waals surface area contributed by atoms with Crippen LogP contribution >= 0.6 is 11.6 Å². The van der Waals surface area contributed by atoms with E-state index in [2.05, 4.69) is 20.7 Å². The van der Waals surface area contributed by atoms with E-state index in [4.69, 9.17) is 11.6 Å². The molecule has 4 N–H and O–H groups in total. The van der Waals surface area contributed by atoms with Gasteiger partial charge in [-0.3, -0.25) is 14.7 Å². The third kappa shape index (κ3) is 5.48. The number of aliphatic hydroxyl groups excluding tert-OH is 1. The van der Waals surface area contributed by atoms with Crippen LogP contribution in [-0.4, -0.2) is 50.1 Å². The lowest BCUT2D eigenvalue weighted by Crippen LogP contribution is -2.44. The van der Waals surface area contributed by atoms with E-state index in [0.29, 0.717) is 11.4 Å². The van der Waals surface area contributed by atoms with Crippen LogP contribution in [0.1, 0.15) is 29.4 Å². The zero-order valence-corrected chi connectivity index (χ0v) is 17.6. The maximum atomic E-state index is 12.5. The topological polar surface area (TPSA) is 128 Å². The first kappa shape index (κ1) is 22.5. The minimum absolute atomic E-state index is 0.0364. The highest BCUT2D eigenvalue weighted by Crippen LogP contribution is 2.29. The molecule has 162 valence electrons. The number of rotatable bonds is 9. The first-order valence-corrected chi connectivity index (χ1v) is 10.1. The van der Waals surface area contributed by atoms with E-state index in [0.717, 1.165) is 16.7 Å². The van der Waals surface area contributed by atoms with E-state index in [1.165, 1.54) is 13.1 Å². The zero-order valence-electron chi connectivity index (χ0n) is 16.9. The zero-order chi connectivity index (χ0) is 22.4. The molecule has 2 atom stereocenters. The van der Waals surface area contributed by atoms with Gasteiger partial charge in [0.15, 0.2) is 5.69 Å². The Morgan fingerprint density at radius 2 is 1.90 bits per heavy atom. The van der Waals surface area contributed by atoms with Crippen LogP contribution in [0.3, 0.4) is 0 Å².